The highest BCUT2D eigenvalue weighted by Gasteiger charge is 2.47. The van der Waals surface area contributed by atoms with Crippen LogP contribution in [-0.4, -0.2) is 43.0 Å². The maximum atomic E-state index is 13.2. The minimum absolute atomic E-state index is 0.0317. The zero-order valence-corrected chi connectivity index (χ0v) is 16.8. The Kier molecular flexibility index (Phi) is 6.00. The van der Waals surface area contributed by atoms with Crippen molar-refractivity contribution in [2.45, 2.75) is 24.9 Å². The van der Waals surface area contributed by atoms with Crippen molar-refractivity contribution in [1.29, 1.82) is 0 Å². The lowest BCUT2D eigenvalue weighted by molar-refractivity contribution is -0.138. The third-order valence-corrected chi connectivity index (χ3v) is 5.73. The van der Waals surface area contributed by atoms with Gasteiger partial charge in [0.05, 0.1) is 25.2 Å². The minimum atomic E-state index is -4.44. The van der Waals surface area contributed by atoms with Crippen molar-refractivity contribution >= 4 is 17.5 Å². The van der Waals surface area contributed by atoms with Crippen LogP contribution in [0.2, 0.25) is 0 Å². The third kappa shape index (κ3) is 5.07. The summed E-state index contributed by atoms with van der Waals surface area (Å²) in [6, 6.07) is 12.4. The molecular formula is C23H23F3N2O3. The van der Waals surface area contributed by atoms with E-state index in [0.29, 0.717) is 38.4 Å². The fourth-order valence-electron chi connectivity index (χ4n) is 3.95. The molecule has 0 aromatic heterocycles. The van der Waals surface area contributed by atoms with Crippen LogP contribution in [-0.2, 0) is 26.9 Å². The molecule has 0 radical (unpaired) electrons. The lowest BCUT2D eigenvalue weighted by Crippen LogP contribution is -2.41. The number of nitrogens with zero attached hydrogens (tertiary/aromatic N) is 1. The molecule has 2 amide bonds. The molecule has 2 aromatic rings. The largest absolute Gasteiger partial charge is 0.416 e. The molecule has 2 aromatic carbocycles. The molecule has 1 N–H and O–H groups in total. The molecule has 2 aliphatic rings. The van der Waals surface area contributed by atoms with E-state index in [9.17, 15) is 22.8 Å². The summed E-state index contributed by atoms with van der Waals surface area (Å²) in [7, 11) is 0. The molecule has 1 saturated carbocycles. The molecular weight excluding hydrogens is 409 g/mol. The number of halogens is 3. The van der Waals surface area contributed by atoms with E-state index < -0.39 is 23.6 Å². The number of hydrogen-bond donors (Lipinski definition) is 1. The van der Waals surface area contributed by atoms with Gasteiger partial charge in [-0.2, -0.15) is 13.2 Å². The Morgan fingerprint density at radius 3 is 2.39 bits per heavy atom. The Hall–Kier alpha value is -2.87. The van der Waals surface area contributed by atoms with E-state index in [-0.39, 0.29) is 23.8 Å². The minimum Gasteiger partial charge on any atom is -0.378 e. The lowest BCUT2D eigenvalue weighted by atomic mass is 10.0. The van der Waals surface area contributed by atoms with E-state index >= 15 is 0 Å². The first-order valence-electron chi connectivity index (χ1n) is 10.2. The molecule has 1 saturated heterocycles. The first kappa shape index (κ1) is 21.4. The fourth-order valence-corrected chi connectivity index (χ4v) is 3.95. The summed E-state index contributed by atoms with van der Waals surface area (Å²) >= 11 is 0. The molecule has 1 aliphatic heterocycles. The maximum Gasteiger partial charge on any atom is 0.416 e. The number of hydrogen-bond acceptors (Lipinski definition) is 3. The van der Waals surface area contributed by atoms with E-state index in [2.05, 4.69) is 5.32 Å². The lowest BCUT2D eigenvalue weighted by Gasteiger charge is -2.26. The Bertz CT molecular complexity index is 953. The second-order valence-corrected chi connectivity index (χ2v) is 7.89. The summed E-state index contributed by atoms with van der Waals surface area (Å²) in [6.45, 7) is 2.28. The third-order valence-electron chi connectivity index (χ3n) is 5.73. The van der Waals surface area contributed by atoms with Crippen molar-refractivity contribution in [2.24, 2.45) is 5.92 Å². The number of ether oxygens (including phenoxy) is 1. The number of rotatable bonds is 5. The van der Waals surface area contributed by atoms with E-state index in [1.54, 1.807) is 35.2 Å². The van der Waals surface area contributed by atoms with Crippen LogP contribution >= 0.6 is 0 Å². The molecule has 4 rings (SSSR count). The van der Waals surface area contributed by atoms with Crippen molar-refractivity contribution in [2.75, 3.05) is 31.6 Å². The van der Waals surface area contributed by atoms with E-state index in [4.69, 9.17) is 4.74 Å². The summed E-state index contributed by atoms with van der Waals surface area (Å²) in [5, 5.41) is 2.77. The van der Waals surface area contributed by atoms with Gasteiger partial charge in [-0.05, 0) is 41.7 Å². The van der Waals surface area contributed by atoms with Crippen LogP contribution in [0.25, 0.3) is 0 Å². The van der Waals surface area contributed by atoms with Crippen molar-refractivity contribution in [3.05, 3.63) is 65.2 Å². The predicted molar refractivity (Wildman–Crippen MR) is 108 cm³/mol. The molecule has 1 heterocycles. The molecule has 5 nitrogen and oxygen atoms in total. The highest BCUT2D eigenvalue weighted by Crippen LogP contribution is 2.51. The summed E-state index contributed by atoms with van der Waals surface area (Å²) < 4.78 is 44.9. The second kappa shape index (κ2) is 8.70. The maximum absolute atomic E-state index is 13.2. The highest BCUT2D eigenvalue weighted by atomic mass is 19.4. The first-order valence-corrected chi connectivity index (χ1v) is 10.2. The van der Waals surface area contributed by atoms with Crippen molar-refractivity contribution in [3.63, 3.8) is 0 Å². The molecule has 0 bridgehead atoms. The van der Waals surface area contributed by atoms with Gasteiger partial charge in [-0.25, -0.2) is 0 Å². The van der Waals surface area contributed by atoms with Crippen LogP contribution in [0.15, 0.2) is 48.5 Å². The Morgan fingerprint density at radius 2 is 1.71 bits per heavy atom. The van der Waals surface area contributed by atoms with Crippen LogP contribution < -0.4 is 5.32 Å². The van der Waals surface area contributed by atoms with Crippen LogP contribution in [0.5, 0.6) is 0 Å². The number of nitrogens with one attached hydrogen (secondary N) is 1. The van der Waals surface area contributed by atoms with Gasteiger partial charge in [-0.15, -0.1) is 0 Å². The van der Waals surface area contributed by atoms with Gasteiger partial charge in [0.2, 0.25) is 11.8 Å². The normalized spacial score (nSPS) is 20.9. The van der Waals surface area contributed by atoms with Gasteiger partial charge >= 0.3 is 6.18 Å². The number of carbonyl (C=O) groups excluding carboxylic acids is 2. The summed E-state index contributed by atoms with van der Waals surface area (Å²) in [6.07, 6.45) is -3.77. The molecule has 1 aliphatic carbocycles. The smallest absolute Gasteiger partial charge is 0.378 e. The first-order chi connectivity index (χ1) is 14.8. The molecule has 31 heavy (non-hydrogen) atoms. The standard InChI is InChI=1S/C23H23F3N2O3/c24-23(25,26)20-4-2-1-3-17(20)18-14-19(18)22(30)27-16-7-5-15(6-8-16)13-21(29)28-9-11-31-12-10-28/h1-8,18-19H,9-14H2,(H,27,30). The number of morpholine rings is 1. The number of amides is 2. The van der Waals surface area contributed by atoms with Gasteiger partial charge in [0.25, 0.3) is 0 Å². The monoisotopic (exact) mass is 432 g/mol. The number of alkyl halides is 3. The topological polar surface area (TPSA) is 58.6 Å². The zero-order valence-electron chi connectivity index (χ0n) is 16.8. The predicted octanol–water partition coefficient (Wildman–Crippen LogP) is 3.85. The Balaban J connectivity index is 1.33. The van der Waals surface area contributed by atoms with Crippen LogP contribution in [0, 0.1) is 5.92 Å². The van der Waals surface area contributed by atoms with Gasteiger partial charge in [0.1, 0.15) is 0 Å². The molecule has 8 heteroatoms. The molecule has 2 atom stereocenters. The Morgan fingerprint density at radius 1 is 1.03 bits per heavy atom. The van der Waals surface area contributed by atoms with E-state index in [1.165, 1.54) is 12.1 Å². The number of benzene rings is 2. The number of anilines is 1. The average Bonchev–Trinajstić information content (AvgIpc) is 3.56. The van der Waals surface area contributed by atoms with Crippen LogP contribution in [0.4, 0.5) is 18.9 Å². The van der Waals surface area contributed by atoms with Gasteiger partial charge in [0, 0.05) is 24.7 Å². The SMILES string of the molecule is O=C(Nc1ccc(CC(=O)N2CCOCC2)cc1)C1CC1c1ccccc1C(F)(F)F. The summed E-state index contributed by atoms with van der Waals surface area (Å²) in [4.78, 5) is 26.6. The van der Waals surface area contributed by atoms with Crippen LogP contribution in [0.1, 0.15) is 29.0 Å². The quantitative estimate of drug-likeness (QED) is 0.781. The van der Waals surface area contributed by atoms with Gasteiger partial charge in [-0.3, -0.25) is 9.59 Å². The van der Waals surface area contributed by atoms with E-state index in [1.807, 2.05) is 0 Å². The second-order valence-electron chi connectivity index (χ2n) is 7.89. The fraction of sp³-hybridized carbons (Fsp3) is 0.391. The van der Waals surface area contributed by atoms with Crippen molar-refractivity contribution in [1.82, 2.24) is 4.90 Å². The van der Waals surface area contributed by atoms with Gasteiger partial charge in [-0.1, -0.05) is 30.3 Å². The van der Waals surface area contributed by atoms with Gasteiger partial charge < -0.3 is 15.0 Å². The van der Waals surface area contributed by atoms with Crippen LogP contribution in [0.3, 0.4) is 0 Å². The van der Waals surface area contributed by atoms with Gasteiger partial charge in [0.15, 0.2) is 0 Å². The number of carbonyl (C=O) groups is 2. The molecule has 2 fully saturated rings. The average molecular weight is 432 g/mol. The zero-order chi connectivity index (χ0) is 22.0. The molecule has 0 spiro atoms. The Labute approximate surface area is 178 Å². The summed E-state index contributed by atoms with van der Waals surface area (Å²) in [5.41, 5.74) is 0.886. The summed E-state index contributed by atoms with van der Waals surface area (Å²) in [5.74, 6) is -1.17. The molecule has 164 valence electrons. The molecule has 2 unspecified atom stereocenters. The van der Waals surface area contributed by atoms with Crippen molar-refractivity contribution in [3.8, 4) is 0 Å². The highest BCUT2D eigenvalue weighted by molar-refractivity contribution is 5.95. The van der Waals surface area contributed by atoms with E-state index in [0.717, 1.165) is 11.6 Å². The van der Waals surface area contributed by atoms with Crippen molar-refractivity contribution < 1.29 is 27.5 Å².